The SMILES string of the molecule is Cc1c(-n2c3ccccc3c3ccc(-n4c5ccccc5c5ccccc54)cc32)ccc(-c2c(F)c(F)c(F)c(F)c2F)c1-n1c2ccccc2c2ccc(-n3c4ccccc4c4ccccc43)cc21. The number of hydrogen-bond donors (Lipinski definition) is 0. The van der Waals surface area contributed by atoms with Crippen LogP contribution in [0.5, 0.6) is 0 Å². The van der Waals surface area contributed by atoms with E-state index in [1.54, 1.807) is 6.07 Å². The van der Waals surface area contributed by atoms with Gasteiger partial charge >= 0.3 is 0 Å². The fourth-order valence-corrected chi connectivity index (χ4v) is 11.4. The van der Waals surface area contributed by atoms with E-state index in [1.807, 2.05) is 115 Å². The lowest BCUT2D eigenvalue weighted by Gasteiger charge is -2.22. The summed E-state index contributed by atoms with van der Waals surface area (Å²) in [5, 5.41) is 8.01. The molecule has 14 rings (SSSR count). The minimum atomic E-state index is -2.22. The first-order valence-electron chi connectivity index (χ1n) is 23.0. The van der Waals surface area contributed by atoms with E-state index in [0.717, 1.165) is 87.6 Å². The second kappa shape index (κ2) is 14.8. The molecule has 0 aliphatic carbocycles. The molecule has 9 heteroatoms. The summed E-state index contributed by atoms with van der Waals surface area (Å²) >= 11 is 0. The van der Waals surface area contributed by atoms with Crippen molar-refractivity contribution in [2.45, 2.75) is 6.92 Å². The van der Waals surface area contributed by atoms with E-state index in [-0.39, 0.29) is 11.3 Å². The van der Waals surface area contributed by atoms with Gasteiger partial charge in [-0.15, -0.1) is 0 Å². The van der Waals surface area contributed by atoms with Crippen molar-refractivity contribution in [2.75, 3.05) is 0 Å². The molecule has 10 aromatic carbocycles. The highest BCUT2D eigenvalue weighted by molar-refractivity contribution is 6.14. The first kappa shape index (κ1) is 40.1. The predicted octanol–water partition coefficient (Wildman–Crippen LogP) is 16.7. The van der Waals surface area contributed by atoms with Crippen LogP contribution in [0.1, 0.15) is 5.56 Å². The Labute approximate surface area is 395 Å². The summed E-state index contributed by atoms with van der Waals surface area (Å²) in [5.74, 6) is -10.1. The molecular formula is C61H35F5N4. The number of para-hydroxylation sites is 6. The maximum atomic E-state index is 16.5. The molecule has 4 aromatic heterocycles. The van der Waals surface area contributed by atoms with Crippen LogP contribution in [0.2, 0.25) is 0 Å². The second-order valence-corrected chi connectivity index (χ2v) is 17.9. The zero-order valence-electron chi connectivity index (χ0n) is 37.2. The molecule has 0 spiro atoms. The van der Waals surface area contributed by atoms with Crippen molar-refractivity contribution in [2.24, 2.45) is 0 Å². The van der Waals surface area contributed by atoms with Gasteiger partial charge in [0.1, 0.15) is 0 Å². The van der Waals surface area contributed by atoms with Gasteiger partial charge in [-0.05, 0) is 85.3 Å². The largest absolute Gasteiger partial charge is 0.309 e. The normalized spacial score (nSPS) is 12.1. The van der Waals surface area contributed by atoms with Gasteiger partial charge in [0.25, 0.3) is 0 Å². The number of rotatable bonds is 5. The summed E-state index contributed by atoms with van der Waals surface area (Å²) in [4.78, 5) is 0. The lowest BCUT2D eigenvalue weighted by atomic mass is 9.96. The molecule has 4 heterocycles. The van der Waals surface area contributed by atoms with Crippen molar-refractivity contribution in [3.8, 4) is 33.9 Å². The third-order valence-electron chi connectivity index (χ3n) is 14.3. The third kappa shape index (κ3) is 5.40. The summed E-state index contributed by atoms with van der Waals surface area (Å²) in [6.07, 6.45) is 0. The molecule has 4 nitrogen and oxygen atoms in total. The van der Waals surface area contributed by atoms with Crippen molar-refractivity contribution in [3.63, 3.8) is 0 Å². The standard InChI is InChI=1S/C61H35F5N4/c1-34-46(69-51-24-12-6-18-41(51)43-28-26-35(32-53(43)69)67-47-20-8-2-14-37(47)38-15-3-9-21-48(38)67)31-30-45(55-56(62)58(64)60(66)59(65)57(55)63)61(34)70-52-25-13-7-19-42(52)44-29-27-36(33-54(44)70)68-49-22-10-4-16-39(49)40-17-5-11-23-50(40)68/h2-33H,1H3. The molecule has 334 valence electrons. The van der Waals surface area contributed by atoms with Crippen LogP contribution in [0.4, 0.5) is 22.0 Å². The number of hydrogen-bond acceptors (Lipinski definition) is 0. The van der Waals surface area contributed by atoms with Crippen LogP contribution in [0.25, 0.3) is 121 Å². The van der Waals surface area contributed by atoms with E-state index in [4.69, 9.17) is 0 Å². The maximum Gasteiger partial charge on any atom is 0.200 e. The van der Waals surface area contributed by atoms with Crippen LogP contribution in [0, 0.1) is 36.0 Å². The molecule has 14 aromatic rings. The highest BCUT2D eigenvalue weighted by Crippen LogP contribution is 2.45. The third-order valence-corrected chi connectivity index (χ3v) is 14.3. The summed E-state index contributed by atoms with van der Waals surface area (Å²) in [7, 11) is 0. The first-order chi connectivity index (χ1) is 34.3. The molecule has 0 amide bonds. The van der Waals surface area contributed by atoms with Crippen molar-refractivity contribution < 1.29 is 22.0 Å². The van der Waals surface area contributed by atoms with Gasteiger partial charge in [0.05, 0.1) is 61.1 Å². The van der Waals surface area contributed by atoms with Crippen LogP contribution < -0.4 is 0 Å². The van der Waals surface area contributed by atoms with Gasteiger partial charge in [-0.1, -0.05) is 121 Å². The van der Waals surface area contributed by atoms with Gasteiger partial charge in [-0.2, -0.15) is 0 Å². The number of fused-ring (bicyclic) bond motifs is 12. The number of benzene rings is 10. The van der Waals surface area contributed by atoms with Crippen molar-refractivity contribution in [3.05, 3.63) is 229 Å². The minimum Gasteiger partial charge on any atom is -0.309 e. The number of nitrogens with zero attached hydrogens (tertiary/aromatic N) is 4. The summed E-state index contributed by atoms with van der Waals surface area (Å²) in [5.41, 5.74) is 9.14. The molecule has 0 fully saturated rings. The Morgan fingerprint density at radius 2 is 0.600 bits per heavy atom. The summed E-state index contributed by atoms with van der Waals surface area (Å²) in [6.45, 7) is 1.86. The highest BCUT2D eigenvalue weighted by atomic mass is 19.2. The zero-order chi connectivity index (χ0) is 47.1. The monoisotopic (exact) mass is 918 g/mol. The zero-order valence-corrected chi connectivity index (χ0v) is 37.2. The number of aromatic nitrogens is 4. The van der Waals surface area contributed by atoms with E-state index in [2.05, 4.69) is 92.6 Å². The quantitative estimate of drug-likeness (QED) is 0.0931. The van der Waals surface area contributed by atoms with Crippen molar-refractivity contribution >= 4 is 87.2 Å². The molecule has 0 radical (unpaired) electrons. The Morgan fingerprint density at radius 1 is 0.286 bits per heavy atom. The van der Waals surface area contributed by atoms with Gasteiger partial charge < -0.3 is 18.3 Å². The second-order valence-electron chi connectivity index (χ2n) is 17.9. The minimum absolute atomic E-state index is 0.161. The van der Waals surface area contributed by atoms with Crippen LogP contribution in [0.15, 0.2) is 194 Å². The van der Waals surface area contributed by atoms with Gasteiger partial charge in [0, 0.05) is 60.0 Å². The van der Waals surface area contributed by atoms with Gasteiger partial charge in [-0.3, -0.25) is 0 Å². The van der Waals surface area contributed by atoms with Crippen molar-refractivity contribution in [1.82, 2.24) is 18.3 Å². The topological polar surface area (TPSA) is 19.7 Å². The van der Waals surface area contributed by atoms with Crippen LogP contribution >= 0.6 is 0 Å². The van der Waals surface area contributed by atoms with Crippen LogP contribution in [-0.4, -0.2) is 18.3 Å². The molecule has 0 saturated carbocycles. The Balaban J connectivity index is 1.11. The van der Waals surface area contributed by atoms with E-state index in [9.17, 15) is 4.39 Å². The molecular weight excluding hydrogens is 884 g/mol. The lowest BCUT2D eigenvalue weighted by Crippen LogP contribution is -2.09. The fraction of sp³-hybridized carbons (Fsp3) is 0.0164. The Kier molecular flexibility index (Phi) is 8.47. The molecule has 0 atom stereocenters. The molecule has 0 aliphatic heterocycles. The van der Waals surface area contributed by atoms with E-state index < -0.39 is 34.6 Å². The van der Waals surface area contributed by atoms with Crippen LogP contribution in [-0.2, 0) is 0 Å². The fourth-order valence-electron chi connectivity index (χ4n) is 11.4. The maximum absolute atomic E-state index is 16.5. The average Bonchev–Trinajstić information content (AvgIpc) is 4.12. The Bertz CT molecular complexity index is 4430. The summed E-state index contributed by atoms with van der Waals surface area (Å²) in [6, 6.07) is 64.5. The van der Waals surface area contributed by atoms with Gasteiger partial charge in [0.15, 0.2) is 23.3 Å². The van der Waals surface area contributed by atoms with Crippen molar-refractivity contribution in [1.29, 1.82) is 0 Å². The predicted molar refractivity (Wildman–Crippen MR) is 274 cm³/mol. The van der Waals surface area contributed by atoms with E-state index >= 15 is 17.6 Å². The molecule has 0 N–H and O–H groups in total. The first-order valence-corrected chi connectivity index (χ1v) is 23.0. The molecule has 0 saturated heterocycles. The Hall–Kier alpha value is -8.95. The van der Waals surface area contributed by atoms with E-state index in [0.29, 0.717) is 22.3 Å². The number of halogens is 5. The summed E-state index contributed by atoms with van der Waals surface area (Å²) < 4.78 is 87.3. The molecule has 0 aliphatic rings. The highest BCUT2D eigenvalue weighted by Gasteiger charge is 2.31. The smallest absolute Gasteiger partial charge is 0.200 e. The van der Waals surface area contributed by atoms with Gasteiger partial charge in [-0.25, -0.2) is 22.0 Å². The lowest BCUT2D eigenvalue weighted by molar-refractivity contribution is 0.381. The van der Waals surface area contributed by atoms with E-state index in [1.165, 1.54) is 6.07 Å². The van der Waals surface area contributed by atoms with Gasteiger partial charge in [0.2, 0.25) is 5.82 Å². The average molecular weight is 919 g/mol. The molecule has 0 unspecified atom stereocenters. The van der Waals surface area contributed by atoms with Crippen LogP contribution in [0.3, 0.4) is 0 Å². The Morgan fingerprint density at radius 3 is 1.00 bits per heavy atom. The molecule has 70 heavy (non-hydrogen) atoms. The molecule has 0 bridgehead atoms.